The normalized spacial score (nSPS) is 9.80. The Kier molecular flexibility index (Phi) is 3.23. The first-order valence-corrected chi connectivity index (χ1v) is 4.17. The molecule has 1 rings (SSSR count). The molecule has 0 unspecified atom stereocenters. The fraction of sp³-hybridized carbons (Fsp3) is 0.111. The van der Waals surface area contributed by atoms with Gasteiger partial charge in [0.1, 0.15) is 0 Å². The number of benzene rings is 1. The Bertz CT molecular complexity index is 413. The van der Waals surface area contributed by atoms with Gasteiger partial charge in [-0.15, -0.1) is 0 Å². The van der Waals surface area contributed by atoms with Gasteiger partial charge < -0.3 is 15.2 Å². The van der Waals surface area contributed by atoms with Crippen LogP contribution in [0.2, 0.25) is 0 Å². The molecule has 78 valence electrons. The van der Waals surface area contributed by atoms with Crippen LogP contribution < -0.4 is 5.46 Å². The van der Waals surface area contributed by atoms with E-state index in [9.17, 15) is 9.59 Å². The van der Waals surface area contributed by atoms with Gasteiger partial charge in [-0.05, 0) is 24.5 Å². The van der Waals surface area contributed by atoms with Gasteiger partial charge in [0, 0.05) is 5.56 Å². The molecule has 0 aliphatic heterocycles. The van der Waals surface area contributed by atoms with Crippen LogP contribution in [0.3, 0.4) is 0 Å². The van der Waals surface area contributed by atoms with E-state index < -0.39 is 13.1 Å². The summed E-state index contributed by atoms with van der Waals surface area (Å²) in [7, 11) is -1.86. The van der Waals surface area contributed by atoms with Crippen molar-refractivity contribution in [1.82, 2.24) is 0 Å². The van der Waals surface area contributed by atoms with E-state index in [0.717, 1.165) is 6.07 Å². The number of rotatable bonds is 3. The third-order valence-electron chi connectivity index (χ3n) is 1.96. The number of carbonyl (C=O) groups excluding carboxylic acids is 1. The molecule has 15 heavy (non-hydrogen) atoms. The van der Waals surface area contributed by atoms with Crippen LogP contribution in [0.4, 0.5) is 0 Å². The highest BCUT2D eigenvalue weighted by atomic mass is 16.4. The second-order valence-corrected chi connectivity index (χ2v) is 3.04. The molecule has 1 aromatic rings. The lowest BCUT2D eigenvalue weighted by molar-refractivity contribution is 0.0696. The SMILES string of the molecule is CC(=O)c1ccc(C(=O)O)cc1B(O)O. The molecule has 0 saturated carbocycles. The van der Waals surface area contributed by atoms with E-state index in [4.69, 9.17) is 15.2 Å². The van der Waals surface area contributed by atoms with Gasteiger partial charge in [-0.1, -0.05) is 6.07 Å². The van der Waals surface area contributed by atoms with Gasteiger partial charge >= 0.3 is 13.1 Å². The van der Waals surface area contributed by atoms with Crippen molar-refractivity contribution in [3.05, 3.63) is 29.3 Å². The minimum Gasteiger partial charge on any atom is -0.478 e. The van der Waals surface area contributed by atoms with Crippen molar-refractivity contribution in [2.45, 2.75) is 6.92 Å². The van der Waals surface area contributed by atoms with Crippen molar-refractivity contribution >= 4 is 24.3 Å². The zero-order chi connectivity index (χ0) is 11.6. The van der Waals surface area contributed by atoms with Gasteiger partial charge in [-0.25, -0.2) is 4.79 Å². The number of hydrogen-bond acceptors (Lipinski definition) is 4. The molecule has 3 N–H and O–H groups in total. The summed E-state index contributed by atoms with van der Waals surface area (Å²) < 4.78 is 0. The lowest BCUT2D eigenvalue weighted by Crippen LogP contribution is -2.35. The number of aromatic carboxylic acids is 1. The van der Waals surface area contributed by atoms with Crippen LogP contribution >= 0.6 is 0 Å². The van der Waals surface area contributed by atoms with E-state index in [1.807, 2.05) is 0 Å². The topological polar surface area (TPSA) is 94.8 Å². The minimum absolute atomic E-state index is 0.0944. The molecular formula is C9H9BO5. The maximum Gasteiger partial charge on any atom is 0.489 e. The number of carboxylic acids is 1. The van der Waals surface area contributed by atoms with Crippen LogP contribution in [0.25, 0.3) is 0 Å². The van der Waals surface area contributed by atoms with Crippen LogP contribution in [-0.2, 0) is 0 Å². The quantitative estimate of drug-likeness (QED) is 0.449. The van der Waals surface area contributed by atoms with Gasteiger partial charge in [-0.3, -0.25) is 4.79 Å². The van der Waals surface area contributed by atoms with E-state index in [1.54, 1.807) is 0 Å². The zero-order valence-corrected chi connectivity index (χ0v) is 7.97. The van der Waals surface area contributed by atoms with Crippen LogP contribution in [0.5, 0.6) is 0 Å². The second-order valence-electron chi connectivity index (χ2n) is 3.04. The Balaban J connectivity index is 3.33. The Morgan fingerprint density at radius 3 is 2.27 bits per heavy atom. The number of carbonyl (C=O) groups is 2. The summed E-state index contributed by atoms with van der Waals surface area (Å²) in [6.07, 6.45) is 0. The van der Waals surface area contributed by atoms with Crippen molar-refractivity contribution in [2.24, 2.45) is 0 Å². The first-order chi connectivity index (χ1) is 6.93. The zero-order valence-electron chi connectivity index (χ0n) is 7.97. The van der Waals surface area contributed by atoms with Crippen LogP contribution in [0.15, 0.2) is 18.2 Å². The standard InChI is InChI=1S/C9H9BO5/c1-5(11)7-3-2-6(9(12)13)4-8(7)10(14)15/h2-4,14-15H,1H3,(H,12,13). The molecule has 0 fully saturated rings. The van der Waals surface area contributed by atoms with E-state index >= 15 is 0 Å². The Morgan fingerprint density at radius 2 is 1.87 bits per heavy atom. The highest BCUT2D eigenvalue weighted by molar-refractivity contribution is 6.60. The molecular weight excluding hydrogens is 199 g/mol. The highest BCUT2D eigenvalue weighted by Gasteiger charge is 2.20. The number of Topliss-reactive ketones (excluding diaryl/α,β-unsaturated/α-hetero) is 1. The van der Waals surface area contributed by atoms with Crippen molar-refractivity contribution in [3.8, 4) is 0 Å². The van der Waals surface area contributed by atoms with Gasteiger partial charge in [0.2, 0.25) is 0 Å². The molecule has 0 aliphatic rings. The molecule has 0 saturated heterocycles. The highest BCUT2D eigenvalue weighted by Crippen LogP contribution is 2.04. The smallest absolute Gasteiger partial charge is 0.478 e. The lowest BCUT2D eigenvalue weighted by Gasteiger charge is -2.06. The Hall–Kier alpha value is -1.66. The second kappa shape index (κ2) is 4.25. The van der Waals surface area contributed by atoms with Crippen molar-refractivity contribution in [2.75, 3.05) is 0 Å². The van der Waals surface area contributed by atoms with E-state index in [-0.39, 0.29) is 22.4 Å². The lowest BCUT2D eigenvalue weighted by atomic mass is 9.75. The monoisotopic (exact) mass is 208 g/mol. The summed E-state index contributed by atoms with van der Waals surface area (Å²) in [5.41, 5.74) is -0.0829. The molecule has 0 atom stereocenters. The van der Waals surface area contributed by atoms with E-state index in [2.05, 4.69) is 0 Å². The maximum absolute atomic E-state index is 11.1. The predicted molar refractivity (Wildman–Crippen MR) is 53.2 cm³/mol. The maximum atomic E-state index is 11.1. The molecule has 0 bridgehead atoms. The molecule has 0 spiro atoms. The molecule has 0 aliphatic carbocycles. The van der Waals surface area contributed by atoms with Crippen molar-refractivity contribution in [3.63, 3.8) is 0 Å². The van der Waals surface area contributed by atoms with Crippen LogP contribution in [-0.4, -0.2) is 34.0 Å². The van der Waals surface area contributed by atoms with Gasteiger partial charge in [0.25, 0.3) is 0 Å². The average Bonchev–Trinajstić information content (AvgIpc) is 2.16. The van der Waals surface area contributed by atoms with Crippen LogP contribution in [0, 0.1) is 0 Å². The fourth-order valence-corrected chi connectivity index (χ4v) is 1.23. The molecule has 0 radical (unpaired) electrons. The summed E-state index contributed by atoms with van der Waals surface area (Å²) >= 11 is 0. The summed E-state index contributed by atoms with van der Waals surface area (Å²) in [5.74, 6) is -1.54. The van der Waals surface area contributed by atoms with Gasteiger partial charge in [-0.2, -0.15) is 0 Å². The Labute approximate surface area is 86.1 Å². The van der Waals surface area contributed by atoms with Gasteiger partial charge in [0.05, 0.1) is 5.56 Å². The molecule has 0 heterocycles. The van der Waals surface area contributed by atoms with Crippen molar-refractivity contribution < 1.29 is 24.7 Å². The minimum atomic E-state index is -1.86. The van der Waals surface area contributed by atoms with E-state index in [0.29, 0.717) is 0 Å². The first kappa shape index (κ1) is 11.4. The largest absolute Gasteiger partial charge is 0.489 e. The third kappa shape index (κ3) is 2.42. The average molecular weight is 208 g/mol. The number of ketones is 1. The van der Waals surface area contributed by atoms with Crippen LogP contribution in [0.1, 0.15) is 27.6 Å². The predicted octanol–water partition coefficient (Wildman–Crippen LogP) is -0.733. The summed E-state index contributed by atoms with van der Waals surface area (Å²) in [6, 6.07) is 3.58. The summed E-state index contributed by atoms with van der Waals surface area (Å²) in [5, 5.41) is 26.6. The summed E-state index contributed by atoms with van der Waals surface area (Å²) in [4.78, 5) is 21.7. The van der Waals surface area contributed by atoms with Crippen molar-refractivity contribution in [1.29, 1.82) is 0 Å². The molecule has 0 aromatic heterocycles. The molecule has 0 amide bonds. The third-order valence-corrected chi connectivity index (χ3v) is 1.96. The number of hydrogen-bond donors (Lipinski definition) is 3. The molecule has 1 aromatic carbocycles. The summed E-state index contributed by atoms with van der Waals surface area (Å²) in [6.45, 7) is 1.27. The van der Waals surface area contributed by atoms with E-state index in [1.165, 1.54) is 19.1 Å². The van der Waals surface area contributed by atoms with Gasteiger partial charge in [0.15, 0.2) is 5.78 Å². The first-order valence-electron chi connectivity index (χ1n) is 4.17. The Morgan fingerprint density at radius 1 is 1.27 bits per heavy atom. The molecule has 6 heteroatoms. The molecule has 5 nitrogen and oxygen atoms in total. The number of carboxylic acid groups (broad SMARTS) is 1. The fourth-order valence-electron chi connectivity index (χ4n) is 1.23.